The summed E-state index contributed by atoms with van der Waals surface area (Å²) in [6.45, 7) is 6.61. The Morgan fingerprint density at radius 3 is 2.52 bits per heavy atom. The van der Waals surface area contributed by atoms with Crippen LogP contribution in [-0.4, -0.2) is 48.3 Å². The Morgan fingerprint density at radius 2 is 1.87 bits per heavy atom. The molecular formula is C23H25N3O5. The molecule has 8 nitrogen and oxygen atoms in total. The maximum absolute atomic E-state index is 12.9. The lowest BCUT2D eigenvalue weighted by Gasteiger charge is -2.19. The van der Waals surface area contributed by atoms with Gasteiger partial charge in [0.25, 0.3) is 5.91 Å². The average Bonchev–Trinajstić information content (AvgIpc) is 3.29. The number of methoxy groups -OCH3 is 2. The third kappa shape index (κ3) is 5.22. The van der Waals surface area contributed by atoms with E-state index in [0.717, 1.165) is 5.56 Å². The predicted molar refractivity (Wildman–Crippen MR) is 115 cm³/mol. The van der Waals surface area contributed by atoms with Crippen molar-refractivity contribution in [1.29, 1.82) is 0 Å². The molecule has 0 radical (unpaired) electrons. The summed E-state index contributed by atoms with van der Waals surface area (Å²) < 4.78 is 21.4. The molecule has 0 aliphatic carbocycles. The molecule has 1 aromatic heterocycles. The van der Waals surface area contributed by atoms with Crippen LogP contribution in [-0.2, 0) is 6.54 Å². The lowest BCUT2D eigenvalue weighted by atomic mass is 10.2. The molecule has 2 aromatic carbocycles. The molecule has 0 saturated heterocycles. The zero-order chi connectivity index (χ0) is 22.2. The number of rotatable bonds is 10. The lowest BCUT2D eigenvalue weighted by molar-refractivity contribution is 0.0734. The molecule has 8 heteroatoms. The van der Waals surface area contributed by atoms with Gasteiger partial charge >= 0.3 is 0 Å². The smallest absolute Gasteiger partial charge is 0.254 e. The molecule has 0 fully saturated rings. The van der Waals surface area contributed by atoms with Crippen molar-refractivity contribution >= 4 is 5.91 Å². The Bertz CT molecular complexity index is 1030. The first-order valence-electron chi connectivity index (χ1n) is 9.77. The second kappa shape index (κ2) is 10.3. The van der Waals surface area contributed by atoms with E-state index in [2.05, 4.69) is 16.7 Å². The highest BCUT2D eigenvalue weighted by Crippen LogP contribution is 2.31. The van der Waals surface area contributed by atoms with Crippen molar-refractivity contribution in [1.82, 2.24) is 15.0 Å². The highest BCUT2D eigenvalue weighted by atomic mass is 16.5. The number of carbonyl (C=O) groups is 1. The number of hydrogen-bond donors (Lipinski definition) is 0. The summed E-state index contributed by atoms with van der Waals surface area (Å²) in [5.74, 6) is 2.46. The molecular weight excluding hydrogens is 398 g/mol. The van der Waals surface area contributed by atoms with E-state index in [9.17, 15) is 4.79 Å². The van der Waals surface area contributed by atoms with Crippen LogP contribution in [0.4, 0.5) is 0 Å². The van der Waals surface area contributed by atoms with Crippen molar-refractivity contribution in [2.75, 3.05) is 27.4 Å². The van der Waals surface area contributed by atoms with E-state index in [0.29, 0.717) is 47.7 Å². The molecule has 0 bridgehead atoms. The first kappa shape index (κ1) is 21.9. The monoisotopic (exact) mass is 423 g/mol. The number of benzene rings is 2. The van der Waals surface area contributed by atoms with Gasteiger partial charge in [-0.3, -0.25) is 4.79 Å². The predicted octanol–water partition coefficient (Wildman–Crippen LogP) is 3.98. The third-order valence-corrected chi connectivity index (χ3v) is 4.57. The Labute approximate surface area is 181 Å². The van der Waals surface area contributed by atoms with Crippen LogP contribution in [0.3, 0.4) is 0 Å². The number of amides is 1. The minimum Gasteiger partial charge on any atom is -0.493 e. The number of aromatic nitrogens is 2. The highest BCUT2D eigenvalue weighted by Gasteiger charge is 2.19. The fourth-order valence-electron chi connectivity index (χ4n) is 2.93. The molecule has 0 spiro atoms. The minimum absolute atomic E-state index is 0.136. The van der Waals surface area contributed by atoms with Crippen molar-refractivity contribution in [3.05, 3.63) is 66.6 Å². The van der Waals surface area contributed by atoms with Crippen LogP contribution in [0, 0.1) is 0 Å². The molecule has 1 heterocycles. The van der Waals surface area contributed by atoms with Gasteiger partial charge in [0.1, 0.15) is 18.9 Å². The second-order valence-corrected chi connectivity index (χ2v) is 6.52. The van der Waals surface area contributed by atoms with E-state index in [1.54, 1.807) is 61.6 Å². The zero-order valence-electron chi connectivity index (χ0n) is 17.8. The van der Waals surface area contributed by atoms with Crippen LogP contribution in [0.25, 0.3) is 11.4 Å². The van der Waals surface area contributed by atoms with E-state index >= 15 is 0 Å². The van der Waals surface area contributed by atoms with Crippen LogP contribution >= 0.6 is 0 Å². The Morgan fingerprint density at radius 1 is 1.13 bits per heavy atom. The number of hydrogen-bond acceptors (Lipinski definition) is 7. The molecule has 0 N–H and O–H groups in total. The van der Waals surface area contributed by atoms with Gasteiger partial charge in [-0.15, -0.1) is 0 Å². The van der Waals surface area contributed by atoms with E-state index < -0.39 is 0 Å². The molecule has 0 aliphatic heterocycles. The number of nitrogens with zero attached hydrogens (tertiary/aromatic N) is 3. The molecule has 31 heavy (non-hydrogen) atoms. The summed E-state index contributed by atoms with van der Waals surface area (Å²) in [5, 5.41) is 4.03. The van der Waals surface area contributed by atoms with Gasteiger partial charge in [-0.2, -0.15) is 4.98 Å². The Balaban J connectivity index is 1.72. The molecule has 3 rings (SSSR count). The lowest BCUT2D eigenvalue weighted by Crippen LogP contribution is -2.30. The summed E-state index contributed by atoms with van der Waals surface area (Å²) >= 11 is 0. The largest absolute Gasteiger partial charge is 0.493 e. The van der Waals surface area contributed by atoms with Gasteiger partial charge in [-0.1, -0.05) is 17.8 Å². The van der Waals surface area contributed by atoms with Crippen molar-refractivity contribution < 1.29 is 23.5 Å². The van der Waals surface area contributed by atoms with Gasteiger partial charge in [0.2, 0.25) is 11.7 Å². The third-order valence-electron chi connectivity index (χ3n) is 4.57. The quantitative estimate of drug-likeness (QED) is 0.456. The topological polar surface area (TPSA) is 86.9 Å². The zero-order valence-corrected chi connectivity index (χ0v) is 17.8. The van der Waals surface area contributed by atoms with Gasteiger partial charge in [0.05, 0.1) is 14.2 Å². The van der Waals surface area contributed by atoms with Crippen LogP contribution in [0.15, 0.2) is 59.6 Å². The molecule has 0 unspecified atom stereocenters. The van der Waals surface area contributed by atoms with Gasteiger partial charge in [-0.05, 0) is 49.4 Å². The fraction of sp³-hybridized carbons (Fsp3) is 0.261. The summed E-state index contributed by atoms with van der Waals surface area (Å²) in [5.41, 5.74) is 1.27. The molecule has 0 aliphatic rings. The van der Waals surface area contributed by atoms with Crippen molar-refractivity contribution in [2.45, 2.75) is 13.5 Å². The van der Waals surface area contributed by atoms with E-state index in [4.69, 9.17) is 18.7 Å². The Hall–Kier alpha value is -3.81. The van der Waals surface area contributed by atoms with Crippen molar-refractivity contribution in [3.63, 3.8) is 0 Å². The summed E-state index contributed by atoms with van der Waals surface area (Å²) in [7, 11) is 3.13. The van der Waals surface area contributed by atoms with Gasteiger partial charge in [0.15, 0.2) is 11.5 Å². The number of carbonyl (C=O) groups excluding carboxylic acids is 1. The average molecular weight is 423 g/mol. The van der Waals surface area contributed by atoms with E-state index in [1.165, 1.54) is 0 Å². The second-order valence-electron chi connectivity index (χ2n) is 6.52. The van der Waals surface area contributed by atoms with Crippen LogP contribution in [0.2, 0.25) is 0 Å². The van der Waals surface area contributed by atoms with Crippen LogP contribution in [0.5, 0.6) is 17.2 Å². The number of ether oxygens (including phenoxy) is 3. The Kier molecular flexibility index (Phi) is 7.26. The van der Waals surface area contributed by atoms with E-state index in [-0.39, 0.29) is 12.5 Å². The van der Waals surface area contributed by atoms with E-state index in [1.807, 2.05) is 13.0 Å². The SMILES string of the molecule is C=CCOc1ccc(C(=O)N(CC)Cc2nc(-c3ccc(OC)c(OC)c3)no2)cc1. The van der Waals surface area contributed by atoms with Crippen molar-refractivity contribution in [3.8, 4) is 28.6 Å². The maximum Gasteiger partial charge on any atom is 0.254 e. The molecule has 0 saturated carbocycles. The highest BCUT2D eigenvalue weighted by molar-refractivity contribution is 5.94. The normalized spacial score (nSPS) is 10.4. The summed E-state index contributed by atoms with van der Waals surface area (Å²) in [4.78, 5) is 18.9. The molecule has 1 amide bonds. The van der Waals surface area contributed by atoms with Gasteiger partial charge in [0, 0.05) is 17.7 Å². The standard InChI is InChI=1S/C23H25N3O5/c1-5-13-30-18-10-7-16(8-11-18)23(27)26(6-2)15-21-24-22(25-31-21)17-9-12-19(28-3)20(14-17)29-4/h5,7-12,14H,1,6,13,15H2,2-4H3. The van der Waals surface area contributed by atoms with Crippen molar-refractivity contribution in [2.24, 2.45) is 0 Å². The maximum atomic E-state index is 12.9. The minimum atomic E-state index is -0.136. The van der Waals surface area contributed by atoms with Crippen LogP contribution in [0.1, 0.15) is 23.2 Å². The summed E-state index contributed by atoms with van der Waals surface area (Å²) in [6, 6.07) is 12.3. The van der Waals surface area contributed by atoms with Gasteiger partial charge in [-0.25, -0.2) is 0 Å². The fourth-order valence-corrected chi connectivity index (χ4v) is 2.93. The molecule has 3 aromatic rings. The van der Waals surface area contributed by atoms with Crippen LogP contribution < -0.4 is 14.2 Å². The summed E-state index contributed by atoms with van der Waals surface area (Å²) in [6.07, 6.45) is 1.67. The first-order chi connectivity index (χ1) is 15.1. The van der Waals surface area contributed by atoms with Gasteiger partial charge < -0.3 is 23.6 Å². The molecule has 162 valence electrons. The molecule has 0 atom stereocenters. The first-order valence-corrected chi connectivity index (χ1v) is 9.77.